The highest BCUT2D eigenvalue weighted by Gasteiger charge is 2.41. The minimum absolute atomic E-state index is 0. The topological polar surface area (TPSA) is 301 Å². The molecule has 7 unspecified atom stereocenters. The molecule has 0 bridgehead atoms. The van der Waals surface area contributed by atoms with Crippen molar-refractivity contribution in [2.75, 3.05) is 65.4 Å². The minimum Gasteiger partial charge on any atom is -0.480 e. The first-order chi connectivity index (χ1) is 39.8. The number of ketones is 1. The van der Waals surface area contributed by atoms with Gasteiger partial charge in [0.25, 0.3) is 0 Å². The maximum Gasteiger partial charge on any atom is 0.410 e. The molecule has 0 aromatic rings. The van der Waals surface area contributed by atoms with E-state index in [0.29, 0.717) is 85.2 Å². The van der Waals surface area contributed by atoms with E-state index in [-0.39, 0.29) is 74.1 Å². The normalized spacial score (nSPS) is 28.0. The first-order valence-electron chi connectivity index (χ1n) is 31.1. The lowest BCUT2D eigenvalue weighted by Gasteiger charge is -2.35. The van der Waals surface area contributed by atoms with E-state index in [1.807, 2.05) is 83.8 Å². The van der Waals surface area contributed by atoms with Crippen molar-refractivity contribution in [1.82, 2.24) is 53.2 Å². The minimum atomic E-state index is -0.842. The number of likely N-dealkylation sites (tertiary alicyclic amines) is 2. The third-order valence-corrected chi connectivity index (χ3v) is 23.0. The molecule has 21 nitrogen and oxygen atoms in total. The molecular formula is C59H108N10O11S5. The van der Waals surface area contributed by atoms with E-state index in [1.54, 1.807) is 28.5 Å². The SMILES string of the molecule is CC(C)(C)OC(=O)N1CCC(=O)CC1.CCC(S)C(=O)O.CCC1SC(C2CCN(C(=O)OC(C)(C)C)CC2)NC1=O.CCC1SC(C2CCNCC2)NC1=O.CC[C@@H]1SC(C2CCNCC2)NC1=O.CC[C@H]1SC(C2CCNCC2)NC1=O.N. The zero-order chi connectivity index (χ0) is 62.1. The van der Waals surface area contributed by atoms with E-state index in [2.05, 4.69) is 70.6 Å². The number of nitrogens with one attached hydrogen (secondary N) is 7. The Morgan fingerprint density at radius 3 is 0.965 bits per heavy atom. The Morgan fingerprint density at radius 1 is 0.494 bits per heavy atom. The van der Waals surface area contributed by atoms with Crippen molar-refractivity contribution in [1.29, 1.82) is 0 Å². The van der Waals surface area contributed by atoms with Crippen LogP contribution in [-0.4, -0.2) is 187 Å². The van der Waals surface area contributed by atoms with Gasteiger partial charge in [-0.25, -0.2) is 9.59 Å². The molecule has 0 aromatic heterocycles. The highest BCUT2D eigenvalue weighted by Crippen LogP contribution is 2.38. The lowest BCUT2D eigenvalue weighted by molar-refractivity contribution is -0.136. The number of hydrogen-bond acceptors (Lipinski definition) is 19. The third-order valence-electron chi connectivity index (χ3n) is 15.7. The predicted octanol–water partition coefficient (Wildman–Crippen LogP) is 7.99. The summed E-state index contributed by atoms with van der Waals surface area (Å²) in [4.78, 5) is 94.0. The zero-order valence-corrected chi connectivity index (χ0v) is 57.1. The summed E-state index contributed by atoms with van der Waals surface area (Å²) in [6.07, 6.45) is 13.8. The monoisotopic (exact) mass is 1290 g/mol. The van der Waals surface area contributed by atoms with Crippen LogP contribution in [0.1, 0.15) is 172 Å². The molecule has 0 aromatic carbocycles. The Bertz CT molecular complexity index is 1970. The van der Waals surface area contributed by atoms with Gasteiger partial charge in [-0.15, -0.1) is 47.0 Å². The fraction of sp³-hybridized carbons (Fsp3) is 0.864. The second-order valence-electron chi connectivity index (χ2n) is 24.7. The fourth-order valence-corrected chi connectivity index (χ4v) is 16.3. The number of rotatable bonds is 10. The van der Waals surface area contributed by atoms with Crippen molar-refractivity contribution in [3.05, 3.63) is 0 Å². The van der Waals surface area contributed by atoms with Gasteiger partial charge in [0.2, 0.25) is 23.6 Å². The van der Waals surface area contributed by atoms with Gasteiger partial charge in [-0.2, -0.15) is 12.6 Å². The number of carbonyl (C=O) groups excluding carboxylic acids is 7. The van der Waals surface area contributed by atoms with Crippen LogP contribution in [0.2, 0.25) is 0 Å². The fourth-order valence-electron chi connectivity index (χ4n) is 10.7. The largest absolute Gasteiger partial charge is 0.480 e. The number of ether oxygens (including phenoxy) is 2. The maximum absolute atomic E-state index is 12.0. The van der Waals surface area contributed by atoms with Crippen LogP contribution in [0.15, 0.2) is 0 Å². The Labute approximate surface area is 530 Å². The molecule has 9 heterocycles. The summed E-state index contributed by atoms with van der Waals surface area (Å²) in [6.45, 7) is 30.3. The smallest absolute Gasteiger partial charge is 0.410 e. The Balaban J connectivity index is 0.000000272. The molecule has 11 N–H and O–H groups in total. The van der Waals surface area contributed by atoms with Crippen LogP contribution in [0.3, 0.4) is 0 Å². The number of hydrogen-bond donors (Lipinski definition) is 10. The Morgan fingerprint density at radius 2 is 0.753 bits per heavy atom. The molecule has 0 spiro atoms. The standard InChI is InChI=1S/C15H26N2O3S.3C10H18N2OS.C10H17NO3.C4H8O2S.H3N/c1-5-11-12(18)16-13(21-11)10-6-8-17(9-7-10)14(19)20-15(2,3)4;3*1-2-8-9(13)12-10(14-8)7-3-5-11-6-4-7;1-10(2,3)14-9(13)11-6-4-8(12)5-7-11;1-2-3(7)4(5)6;/h10-11,13H,5-9H2,1-4H3,(H,16,18);3*7-8,10-11H,2-6H2,1H3,(H,12,13);4-7H2,1-3H3;3,7H,2H2,1H3,(H,5,6);1H3/t;2*8-,10?;;;;/m.10..../s1. The molecular weight excluding hydrogens is 1190 g/mol. The second-order valence-corrected chi connectivity index (χ2v) is 30.7. The van der Waals surface area contributed by atoms with Crippen LogP contribution < -0.4 is 43.4 Å². The van der Waals surface area contributed by atoms with Crippen molar-refractivity contribution in [3.8, 4) is 0 Å². The average molecular weight is 1290 g/mol. The molecule has 490 valence electrons. The highest BCUT2D eigenvalue weighted by atomic mass is 32.2. The molecule has 9 saturated heterocycles. The molecule has 9 atom stereocenters. The van der Waals surface area contributed by atoms with Crippen molar-refractivity contribution in [2.24, 2.45) is 23.7 Å². The lowest BCUT2D eigenvalue weighted by Crippen LogP contribution is -2.45. The number of aliphatic carboxylic acids is 1. The summed E-state index contributed by atoms with van der Waals surface area (Å²) in [5.41, 5.74) is -0.907. The van der Waals surface area contributed by atoms with Crippen molar-refractivity contribution < 1.29 is 52.9 Å². The number of amides is 6. The first kappa shape index (κ1) is 76.4. The number of carboxylic acid groups (broad SMARTS) is 1. The second kappa shape index (κ2) is 38.6. The number of thiol groups is 1. The van der Waals surface area contributed by atoms with Crippen LogP contribution in [0.5, 0.6) is 0 Å². The number of carbonyl (C=O) groups is 8. The Hall–Kier alpha value is -2.85. The molecule has 85 heavy (non-hydrogen) atoms. The van der Waals surface area contributed by atoms with Gasteiger partial charge < -0.3 is 67.7 Å². The van der Waals surface area contributed by atoms with Gasteiger partial charge >= 0.3 is 18.2 Å². The molecule has 9 rings (SSSR count). The van der Waals surface area contributed by atoms with E-state index in [0.717, 1.165) is 77.8 Å². The summed E-state index contributed by atoms with van der Waals surface area (Å²) >= 11 is 11.0. The predicted molar refractivity (Wildman–Crippen MR) is 349 cm³/mol. The summed E-state index contributed by atoms with van der Waals surface area (Å²) < 4.78 is 10.6. The number of carboxylic acids is 1. The first-order valence-corrected chi connectivity index (χ1v) is 35.4. The summed E-state index contributed by atoms with van der Waals surface area (Å²) in [5, 5.41) is 32.2. The van der Waals surface area contributed by atoms with Crippen LogP contribution in [0.4, 0.5) is 9.59 Å². The number of piperidine rings is 5. The number of nitrogens with zero attached hydrogens (tertiary/aromatic N) is 2. The summed E-state index contributed by atoms with van der Waals surface area (Å²) in [6, 6.07) is 0. The van der Waals surface area contributed by atoms with Gasteiger partial charge in [-0.3, -0.25) is 28.8 Å². The maximum atomic E-state index is 12.0. The summed E-state index contributed by atoms with van der Waals surface area (Å²) in [7, 11) is 0. The number of Topliss-reactive ketones (excluding diaryl/α,β-unsaturated/α-hetero) is 1. The van der Waals surface area contributed by atoms with E-state index in [9.17, 15) is 38.4 Å². The van der Waals surface area contributed by atoms with Crippen molar-refractivity contribution >= 4 is 107 Å². The highest BCUT2D eigenvalue weighted by molar-refractivity contribution is 8.02. The number of thioether (sulfide) groups is 4. The molecule has 0 radical (unpaired) electrons. The van der Waals surface area contributed by atoms with Gasteiger partial charge in [0, 0.05) is 39.0 Å². The van der Waals surface area contributed by atoms with E-state index in [4.69, 9.17) is 14.6 Å². The van der Waals surface area contributed by atoms with Crippen LogP contribution in [0, 0.1) is 23.7 Å². The van der Waals surface area contributed by atoms with E-state index >= 15 is 0 Å². The molecule has 0 aliphatic carbocycles. The van der Waals surface area contributed by atoms with Crippen LogP contribution in [0.25, 0.3) is 0 Å². The molecule has 9 fully saturated rings. The molecule has 26 heteroatoms. The average Bonchev–Trinajstić information content (AvgIpc) is 4.23. The van der Waals surface area contributed by atoms with Crippen molar-refractivity contribution in [2.45, 2.75) is 231 Å². The van der Waals surface area contributed by atoms with Gasteiger partial charge in [0.1, 0.15) is 17.0 Å². The molecule has 9 aliphatic heterocycles. The zero-order valence-electron chi connectivity index (χ0n) is 52.9. The molecule has 0 saturated carbocycles. The molecule has 6 amide bonds. The summed E-state index contributed by atoms with van der Waals surface area (Å²) in [5.74, 6) is 2.81. The van der Waals surface area contributed by atoms with Crippen LogP contribution >= 0.6 is 59.7 Å². The molecule has 9 aliphatic rings. The van der Waals surface area contributed by atoms with Gasteiger partial charge in [0.15, 0.2) is 0 Å². The third kappa shape index (κ3) is 27.0. The Kier molecular flexibility index (Phi) is 34.7. The lowest BCUT2D eigenvalue weighted by atomic mass is 9.96. The van der Waals surface area contributed by atoms with Gasteiger partial charge in [-0.05, 0) is 188 Å². The van der Waals surface area contributed by atoms with E-state index in [1.165, 1.54) is 38.5 Å². The quantitative estimate of drug-likeness (QED) is 0.0927. The van der Waals surface area contributed by atoms with E-state index < -0.39 is 22.4 Å². The van der Waals surface area contributed by atoms with Gasteiger partial charge in [-0.1, -0.05) is 34.6 Å². The van der Waals surface area contributed by atoms with Gasteiger partial charge in [0.05, 0.1) is 47.7 Å². The van der Waals surface area contributed by atoms with Crippen molar-refractivity contribution in [3.63, 3.8) is 0 Å². The van der Waals surface area contributed by atoms with Crippen LogP contribution in [-0.2, 0) is 38.2 Å².